The molecule has 1 N–H and O–H groups in total. The maximum Gasteiger partial charge on any atom is 0.337 e. The lowest BCUT2D eigenvalue weighted by Gasteiger charge is -2.29. The van der Waals surface area contributed by atoms with E-state index in [2.05, 4.69) is 9.88 Å². The molecule has 1 aromatic heterocycles. The third kappa shape index (κ3) is 2.43. The molecular formula is C13H17ClN2O2. The van der Waals surface area contributed by atoms with Crippen LogP contribution in [0.2, 0.25) is 5.02 Å². The van der Waals surface area contributed by atoms with E-state index in [1.807, 2.05) is 6.92 Å². The van der Waals surface area contributed by atoms with Crippen LogP contribution in [0.1, 0.15) is 43.0 Å². The van der Waals surface area contributed by atoms with Gasteiger partial charge in [-0.15, -0.1) is 0 Å². The summed E-state index contributed by atoms with van der Waals surface area (Å²) in [4.78, 5) is 17.5. The monoisotopic (exact) mass is 268 g/mol. The number of pyridine rings is 1. The zero-order valence-electron chi connectivity index (χ0n) is 10.4. The largest absolute Gasteiger partial charge is 0.478 e. The second kappa shape index (κ2) is 5.57. The zero-order valence-corrected chi connectivity index (χ0v) is 11.2. The summed E-state index contributed by atoms with van der Waals surface area (Å²) in [5.41, 5.74) is 0.123. The number of rotatable bonds is 4. The van der Waals surface area contributed by atoms with Crippen LogP contribution in [0.25, 0.3) is 0 Å². The summed E-state index contributed by atoms with van der Waals surface area (Å²) in [6, 6.07) is 1.88. The normalized spacial score (nSPS) is 15.9. The third-order valence-electron chi connectivity index (χ3n) is 3.48. The van der Waals surface area contributed by atoms with E-state index in [-0.39, 0.29) is 10.6 Å². The van der Waals surface area contributed by atoms with Crippen LogP contribution in [-0.2, 0) is 0 Å². The molecule has 5 heteroatoms. The standard InChI is InChI=1S/C13H17ClN2O2/c1-2-16(9-5-3-4-6-9)12-11(14)10(13(17)18)7-8-15-12/h7-9H,2-6H2,1H3,(H,17,18). The van der Waals surface area contributed by atoms with E-state index in [9.17, 15) is 4.79 Å². The predicted molar refractivity (Wildman–Crippen MR) is 71.5 cm³/mol. The van der Waals surface area contributed by atoms with E-state index in [0.717, 1.165) is 19.4 Å². The highest BCUT2D eigenvalue weighted by molar-refractivity contribution is 6.35. The van der Waals surface area contributed by atoms with Crippen molar-refractivity contribution >= 4 is 23.4 Å². The number of nitrogens with zero attached hydrogens (tertiary/aromatic N) is 2. The van der Waals surface area contributed by atoms with Crippen LogP contribution in [-0.4, -0.2) is 28.6 Å². The van der Waals surface area contributed by atoms with Gasteiger partial charge in [0.2, 0.25) is 0 Å². The molecule has 0 saturated heterocycles. The highest BCUT2D eigenvalue weighted by Crippen LogP contribution is 2.32. The first-order chi connectivity index (χ1) is 8.65. The van der Waals surface area contributed by atoms with Gasteiger partial charge < -0.3 is 10.0 Å². The van der Waals surface area contributed by atoms with Crippen LogP contribution < -0.4 is 4.90 Å². The molecular weight excluding hydrogens is 252 g/mol. The molecule has 1 aliphatic carbocycles. The summed E-state index contributed by atoms with van der Waals surface area (Å²) in [5, 5.41) is 9.33. The predicted octanol–water partition coefficient (Wildman–Crippen LogP) is 3.20. The third-order valence-corrected chi connectivity index (χ3v) is 3.85. The average Bonchev–Trinajstić information content (AvgIpc) is 2.85. The average molecular weight is 269 g/mol. The van der Waals surface area contributed by atoms with Gasteiger partial charge in [-0.25, -0.2) is 9.78 Å². The van der Waals surface area contributed by atoms with Crippen molar-refractivity contribution in [2.24, 2.45) is 0 Å². The van der Waals surface area contributed by atoms with Gasteiger partial charge in [0.1, 0.15) is 5.82 Å². The van der Waals surface area contributed by atoms with Crippen molar-refractivity contribution in [3.63, 3.8) is 0 Å². The molecule has 1 heterocycles. The van der Waals surface area contributed by atoms with Gasteiger partial charge in [-0.1, -0.05) is 24.4 Å². The minimum absolute atomic E-state index is 0.123. The summed E-state index contributed by atoms with van der Waals surface area (Å²) in [5.74, 6) is -0.405. The van der Waals surface area contributed by atoms with Crippen LogP contribution in [0.15, 0.2) is 12.3 Å². The van der Waals surface area contributed by atoms with Crippen LogP contribution >= 0.6 is 11.6 Å². The molecule has 0 radical (unpaired) electrons. The number of carboxylic acids is 1. The topological polar surface area (TPSA) is 53.4 Å². The van der Waals surface area contributed by atoms with Crippen molar-refractivity contribution in [2.75, 3.05) is 11.4 Å². The maximum absolute atomic E-state index is 11.1. The molecule has 1 aliphatic rings. The summed E-state index contributed by atoms with van der Waals surface area (Å²) in [6.45, 7) is 2.84. The fourth-order valence-corrected chi connectivity index (χ4v) is 2.90. The second-order valence-electron chi connectivity index (χ2n) is 4.53. The lowest BCUT2D eigenvalue weighted by molar-refractivity contribution is 0.0697. The summed E-state index contributed by atoms with van der Waals surface area (Å²) >= 11 is 6.17. The Bertz CT molecular complexity index is 445. The molecule has 0 aromatic carbocycles. The van der Waals surface area contributed by atoms with Gasteiger partial charge in [0, 0.05) is 18.8 Å². The van der Waals surface area contributed by atoms with Gasteiger partial charge in [0.15, 0.2) is 0 Å². The molecule has 0 bridgehead atoms. The Morgan fingerprint density at radius 2 is 2.22 bits per heavy atom. The Hall–Kier alpha value is -1.29. The number of aromatic carboxylic acids is 1. The van der Waals surface area contributed by atoms with Crippen molar-refractivity contribution in [1.29, 1.82) is 0 Å². The van der Waals surface area contributed by atoms with E-state index < -0.39 is 5.97 Å². The first kappa shape index (κ1) is 13.1. The smallest absolute Gasteiger partial charge is 0.337 e. The van der Waals surface area contributed by atoms with Crippen molar-refractivity contribution in [3.05, 3.63) is 22.8 Å². The number of carbonyl (C=O) groups is 1. The van der Waals surface area contributed by atoms with E-state index in [1.165, 1.54) is 25.1 Å². The van der Waals surface area contributed by atoms with Gasteiger partial charge in [0.25, 0.3) is 0 Å². The zero-order chi connectivity index (χ0) is 13.1. The molecule has 4 nitrogen and oxygen atoms in total. The minimum Gasteiger partial charge on any atom is -0.478 e. The Morgan fingerprint density at radius 1 is 1.56 bits per heavy atom. The van der Waals surface area contributed by atoms with Crippen LogP contribution in [0, 0.1) is 0 Å². The van der Waals surface area contributed by atoms with Crippen molar-refractivity contribution < 1.29 is 9.90 Å². The van der Waals surface area contributed by atoms with E-state index in [0.29, 0.717) is 11.9 Å². The van der Waals surface area contributed by atoms with E-state index in [4.69, 9.17) is 16.7 Å². The van der Waals surface area contributed by atoms with Crippen LogP contribution in [0.4, 0.5) is 5.82 Å². The molecule has 2 rings (SSSR count). The van der Waals surface area contributed by atoms with Crippen molar-refractivity contribution in [1.82, 2.24) is 4.98 Å². The molecule has 1 saturated carbocycles. The molecule has 98 valence electrons. The number of aromatic nitrogens is 1. The molecule has 0 aliphatic heterocycles. The number of hydrogen-bond acceptors (Lipinski definition) is 3. The molecule has 0 spiro atoms. The first-order valence-electron chi connectivity index (χ1n) is 6.29. The second-order valence-corrected chi connectivity index (χ2v) is 4.90. The van der Waals surface area contributed by atoms with Gasteiger partial charge in [-0.3, -0.25) is 0 Å². The number of anilines is 1. The maximum atomic E-state index is 11.1. The molecule has 0 atom stereocenters. The molecule has 0 amide bonds. The lowest BCUT2D eigenvalue weighted by atomic mass is 10.2. The number of hydrogen-bond donors (Lipinski definition) is 1. The number of halogens is 1. The highest BCUT2D eigenvalue weighted by Gasteiger charge is 2.25. The Labute approximate surface area is 112 Å². The fourth-order valence-electron chi connectivity index (χ4n) is 2.59. The fraction of sp³-hybridized carbons (Fsp3) is 0.538. The van der Waals surface area contributed by atoms with Gasteiger partial charge in [-0.2, -0.15) is 0 Å². The van der Waals surface area contributed by atoms with Crippen molar-refractivity contribution in [2.45, 2.75) is 38.6 Å². The summed E-state index contributed by atoms with van der Waals surface area (Å²) < 4.78 is 0. The van der Waals surface area contributed by atoms with Crippen LogP contribution in [0.3, 0.4) is 0 Å². The Morgan fingerprint density at radius 3 is 2.78 bits per heavy atom. The van der Waals surface area contributed by atoms with E-state index >= 15 is 0 Å². The minimum atomic E-state index is -1.01. The number of carboxylic acid groups (broad SMARTS) is 1. The van der Waals surface area contributed by atoms with Gasteiger partial charge in [0.05, 0.1) is 10.6 Å². The lowest BCUT2D eigenvalue weighted by Crippen LogP contribution is -2.34. The molecule has 1 fully saturated rings. The van der Waals surface area contributed by atoms with Crippen molar-refractivity contribution in [3.8, 4) is 0 Å². The SMILES string of the molecule is CCN(c1nccc(C(=O)O)c1Cl)C1CCCC1. The Kier molecular flexibility index (Phi) is 4.07. The summed E-state index contributed by atoms with van der Waals surface area (Å²) in [7, 11) is 0. The van der Waals surface area contributed by atoms with Gasteiger partial charge in [-0.05, 0) is 25.8 Å². The molecule has 1 aromatic rings. The molecule has 0 unspecified atom stereocenters. The van der Waals surface area contributed by atoms with E-state index in [1.54, 1.807) is 0 Å². The van der Waals surface area contributed by atoms with Gasteiger partial charge >= 0.3 is 5.97 Å². The molecule has 18 heavy (non-hydrogen) atoms. The van der Waals surface area contributed by atoms with Crippen LogP contribution in [0.5, 0.6) is 0 Å². The Balaban J connectivity index is 2.35. The summed E-state index contributed by atoms with van der Waals surface area (Å²) in [6.07, 6.45) is 6.21. The first-order valence-corrected chi connectivity index (χ1v) is 6.67. The quantitative estimate of drug-likeness (QED) is 0.911. The highest BCUT2D eigenvalue weighted by atomic mass is 35.5.